The SMILES string of the molecule is NC(Cc1cn(C(=O)CCCCC(=O)n2cc(CC(N)C(=O)O)c3ccccc32)c2ccccc12)C(=O)O. The summed E-state index contributed by atoms with van der Waals surface area (Å²) in [5, 5.41) is 19.9. The lowest BCUT2D eigenvalue weighted by molar-refractivity contribution is -0.139. The molecule has 0 aliphatic rings. The summed E-state index contributed by atoms with van der Waals surface area (Å²) in [6, 6.07) is 12.4. The topological polar surface area (TPSA) is 171 Å². The largest absolute Gasteiger partial charge is 0.480 e. The van der Waals surface area contributed by atoms with E-state index in [1.807, 2.05) is 36.4 Å². The summed E-state index contributed by atoms with van der Waals surface area (Å²) < 4.78 is 3.05. The van der Waals surface area contributed by atoms with Crippen LogP contribution in [-0.4, -0.2) is 55.2 Å². The lowest BCUT2D eigenvalue weighted by Gasteiger charge is -2.06. The van der Waals surface area contributed by atoms with E-state index >= 15 is 0 Å². The van der Waals surface area contributed by atoms with Gasteiger partial charge in [0.1, 0.15) is 12.1 Å². The third-order valence-corrected chi connectivity index (χ3v) is 6.67. The van der Waals surface area contributed by atoms with Gasteiger partial charge in [0.15, 0.2) is 0 Å². The molecule has 0 aliphatic carbocycles. The maximum absolute atomic E-state index is 13.0. The van der Waals surface area contributed by atoms with Gasteiger partial charge in [-0.1, -0.05) is 36.4 Å². The molecule has 2 heterocycles. The lowest BCUT2D eigenvalue weighted by atomic mass is 10.1. The van der Waals surface area contributed by atoms with Gasteiger partial charge in [-0.05, 0) is 36.1 Å². The number of para-hydroxylation sites is 2. The number of aromatic nitrogens is 2. The molecule has 2 unspecified atom stereocenters. The van der Waals surface area contributed by atoms with Crippen molar-refractivity contribution in [1.29, 1.82) is 0 Å². The zero-order valence-corrected chi connectivity index (χ0v) is 20.7. The average Bonchev–Trinajstić information content (AvgIpc) is 3.45. The number of hydrogen-bond acceptors (Lipinski definition) is 6. The number of hydrogen-bond donors (Lipinski definition) is 4. The molecule has 0 saturated carbocycles. The minimum Gasteiger partial charge on any atom is -0.480 e. The molecule has 2 atom stereocenters. The minimum absolute atomic E-state index is 0.106. The van der Waals surface area contributed by atoms with Crippen LogP contribution in [-0.2, 0) is 22.4 Å². The van der Waals surface area contributed by atoms with Gasteiger partial charge in [-0.15, -0.1) is 0 Å². The Balaban J connectivity index is 1.41. The van der Waals surface area contributed by atoms with Crippen LogP contribution >= 0.6 is 0 Å². The number of carbonyl (C=O) groups excluding carboxylic acids is 2. The molecule has 4 aromatic rings. The van der Waals surface area contributed by atoms with Crippen LogP contribution in [0.2, 0.25) is 0 Å². The van der Waals surface area contributed by atoms with E-state index in [0.717, 1.165) is 10.8 Å². The first kappa shape index (κ1) is 26.8. The maximum Gasteiger partial charge on any atom is 0.320 e. The molecular weight excluding hydrogens is 488 g/mol. The van der Waals surface area contributed by atoms with Crippen LogP contribution in [0.25, 0.3) is 21.8 Å². The molecule has 2 aromatic carbocycles. The first-order valence-electron chi connectivity index (χ1n) is 12.4. The van der Waals surface area contributed by atoms with Gasteiger partial charge in [0.2, 0.25) is 11.8 Å². The fourth-order valence-electron chi connectivity index (χ4n) is 4.68. The Labute approximate surface area is 218 Å². The normalized spacial score (nSPS) is 13.0. The van der Waals surface area contributed by atoms with Crippen LogP contribution in [0.1, 0.15) is 46.4 Å². The predicted octanol–water partition coefficient (Wildman–Crippen LogP) is 3.05. The van der Waals surface area contributed by atoms with E-state index in [4.69, 9.17) is 21.7 Å². The van der Waals surface area contributed by atoms with E-state index in [9.17, 15) is 19.2 Å². The van der Waals surface area contributed by atoms with Crippen LogP contribution < -0.4 is 11.5 Å². The molecule has 10 nitrogen and oxygen atoms in total. The molecular formula is C28H30N4O6. The number of nitrogens with zero attached hydrogens (tertiary/aromatic N) is 2. The summed E-state index contributed by atoms with van der Waals surface area (Å²) in [5.41, 5.74) is 14.2. The van der Waals surface area contributed by atoms with Crippen LogP contribution in [0.4, 0.5) is 0 Å². The van der Waals surface area contributed by atoms with Crippen molar-refractivity contribution in [3.05, 3.63) is 72.1 Å². The Kier molecular flexibility index (Phi) is 8.04. The summed E-state index contributed by atoms with van der Waals surface area (Å²) in [6.07, 6.45) is 4.90. The number of carbonyl (C=O) groups is 4. The summed E-state index contributed by atoms with van der Waals surface area (Å²) in [6.45, 7) is 0. The molecule has 2 aromatic heterocycles. The zero-order valence-electron chi connectivity index (χ0n) is 20.7. The summed E-state index contributed by atoms with van der Waals surface area (Å²) in [4.78, 5) is 48.4. The highest BCUT2D eigenvalue weighted by Gasteiger charge is 2.20. The van der Waals surface area contributed by atoms with Crippen LogP contribution in [0.3, 0.4) is 0 Å². The molecule has 10 heteroatoms. The van der Waals surface area contributed by atoms with E-state index < -0.39 is 24.0 Å². The number of benzene rings is 2. The second kappa shape index (κ2) is 11.4. The van der Waals surface area contributed by atoms with Gasteiger partial charge in [0, 0.05) is 48.8 Å². The minimum atomic E-state index is -1.11. The molecule has 0 spiro atoms. The number of nitrogens with two attached hydrogens (primary N) is 2. The summed E-state index contributed by atoms with van der Waals surface area (Å²) in [7, 11) is 0. The van der Waals surface area contributed by atoms with Gasteiger partial charge in [-0.25, -0.2) is 0 Å². The number of fused-ring (bicyclic) bond motifs is 2. The molecule has 6 N–H and O–H groups in total. The molecule has 0 amide bonds. The molecule has 0 radical (unpaired) electrons. The van der Waals surface area contributed by atoms with Crippen LogP contribution in [0.5, 0.6) is 0 Å². The average molecular weight is 519 g/mol. The number of aliphatic carboxylic acids is 2. The lowest BCUT2D eigenvalue weighted by Crippen LogP contribution is -2.32. The molecule has 38 heavy (non-hydrogen) atoms. The highest BCUT2D eigenvalue weighted by molar-refractivity contribution is 5.96. The highest BCUT2D eigenvalue weighted by atomic mass is 16.4. The molecule has 0 fully saturated rings. The van der Waals surface area contributed by atoms with E-state index in [1.54, 1.807) is 24.5 Å². The van der Waals surface area contributed by atoms with Crippen molar-refractivity contribution < 1.29 is 29.4 Å². The van der Waals surface area contributed by atoms with Gasteiger partial charge in [-0.3, -0.25) is 28.3 Å². The van der Waals surface area contributed by atoms with E-state index in [1.165, 1.54) is 9.13 Å². The van der Waals surface area contributed by atoms with Crippen molar-refractivity contribution >= 4 is 45.6 Å². The van der Waals surface area contributed by atoms with Gasteiger partial charge >= 0.3 is 11.9 Å². The molecule has 0 aliphatic heterocycles. The number of rotatable bonds is 11. The fourth-order valence-corrected chi connectivity index (χ4v) is 4.68. The van der Waals surface area contributed by atoms with Gasteiger partial charge in [0.25, 0.3) is 0 Å². The molecule has 4 rings (SSSR count). The Morgan fingerprint density at radius 2 is 1.03 bits per heavy atom. The number of carboxylic acid groups (broad SMARTS) is 2. The fraction of sp³-hybridized carbons (Fsp3) is 0.286. The third kappa shape index (κ3) is 5.66. The first-order valence-corrected chi connectivity index (χ1v) is 12.4. The number of carboxylic acids is 2. The predicted molar refractivity (Wildman–Crippen MR) is 142 cm³/mol. The van der Waals surface area contributed by atoms with Crippen LogP contribution in [0, 0.1) is 0 Å². The summed E-state index contributed by atoms with van der Waals surface area (Å²) >= 11 is 0. The second-order valence-electron chi connectivity index (χ2n) is 9.38. The smallest absolute Gasteiger partial charge is 0.320 e. The molecule has 0 saturated heterocycles. The van der Waals surface area contributed by atoms with Crippen molar-refractivity contribution in [2.24, 2.45) is 11.5 Å². The zero-order chi connectivity index (χ0) is 27.4. The quantitative estimate of drug-likeness (QED) is 0.219. The van der Waals surface area contributed by atoms with Crippen molar-refractivity contribution in [2.75, 3.05) is 0 Å². The van der Waals surface area contributed by atoms with Gasteiger partial charge in [-0.2, -0.15) is 0 Å². The molecule has 198 valence electrons. The van der Waals surface area contributed by atoms with Crippen LogP contribution in [0.15, 0.2) is 60.9 Å². The maximum atomic E-state index is 13.0. The van der Waals surface area contributed by atoms with E-state index in [2.05, 4.69) is 0 Å². The van der Waals surface area contributed by atoms with Gasteiger partial charge < -0.3 is 21.7 Å². The Morgan fingerprint density at radius 3 is 1.39 bits per heavy atom. The van der Waals surface area contributed by atoms with Gasteiger partial charge in [0.05, 0.1) is 11.0 Å². The first-order chi connectivity index (χ1) is 18.2. The summed E-state index contributed by atoms with van der Waals surface area (Å²) in [5.74, 6) is -2.52. The van der Waals surface area contributed by atoms with E-state index in [0.29, 0.717) is 35.0 Å². The van der Waals surface area contributed by atoms with Crippen molar-refractivity contribution in [1.82, 2.24) is 9.13 Å². The number of unbranched alkanes of at least 4 members (excludes halogenated alkanes) is 1. The second-order valence-corrected chi connectivity index (χ2v) is 9.38. The Hall–Kier alpha value is -4.28. The molecule has 0 bridgehead atoms. The van der Waals surface area contributed by atoms with E-state index in [-0.39, 0.29) is 37.5 Å². The monoisotopic (exact) mass is 518 g/mol. The van der Waals surface area contributed by atoms with Crippen molar-refractivity contribution in [3.63, 3.8) is 0 Å². The van der Waals surface area contributed by atoms with Crippen molar-refractivity contribution in [2.45, 2.75) is 50.6 Å². The van der Waals surface area contributed by atoms with Crippen molar-refractivity contribution in [3.8, 4) is 0 Å². The Morgan fingerprint density at radius 1 is 0.658 bits per heavy atom. The standard InChI is InChI=1S/C28H30N4O6/c29-21(27(35)36)13-17-15-31(23-9-3-1-7-19(17)23)25(33)11-5-6-12-26(34)32-16-18(14-22(30)28(37)38)20-8-2-4-10-24(20)32/h1-4,7-10,15-16,21-22H,5-6,11-14,29-30H2,(H,35,36)(H,37,38). The highest BCUT2D eigenvalue weighted by Crippen LogP contribution is 2.25. The third-order valence-electron chi connectivity index (χ3n) is 6.67. The Bertz CT molecular complexity index is 1400.